The number of methoxy groups -OCH3 is 1. The molecule has 2 unspecified atom stereocenters. The van der Waals surface area contributed by atoms with Gasteiger partial charge in [-0.2, -0.15) is 0 Å². The van der Waals surface area contributed by atoms with Crippen LogP contribution in [0.15, 0.2) is 24.3 Å². The van der Waals surface area contributed by atoms with E-state index >= 15 is 0 Å². The standard InChI is InChI=1S/C19H28N2O4/c1-24-17-7-2-3-8-18(17)25-14-9-19(23)21-12-10-20(11-13-21)15-5-4-6-16(15)22/h2-3,7-8,15-16,22H,4-6,9-14H2,1H3. The van der Waals surface area contributed by atoms with Crippen molar-refractivity contribution in [3.8, 4) is 11.5 Å². The van der Waals surface area contributed by atoms with E-state index in [0.717, 1.165) is 45.4 Å². The van der Waals surface area contributed by atoms with Crippen molar-refractivity contribution in [2.75, 3.05) is 39.9 Å². The first kappa shape index (κ1) is 18.0. The molecule has 1 aliphatic heterocycles. The van der Waals surface area contributed by atoms with Crippen molar-refractivity contribution in [3.05, 3.63) is 24.3 Å². The Labute approximate surface area is 149 Å². The number of benzene rings is 1. The van der Waals surface area contributed by atoms with Crippen LogP contribution in [-0.4, -0.2) is 72.9 Å². The molecule has 0 spiro atoms. The molecule has 0 aromatic heterocycles. The van der Waals surface area contributed by atoms with Crippen LogP contribution < -0.4 is 9.47 Å². The van der Waals surface area contributed by atoms with E-state index in [1.165, 1.54) is 0 Å². The molecule has 1 amide bonds. The maximum atomic E-state index is 12.4. The molecule has 2 fully saturated rings. The van der Waals surface area contributed by atoms with Crippen LogP contribution in [0.2, 0.25) is 0 Å². The van der Waals surface area contributed by atoms with Gasteiger partial charge in [0.1, 0.15) is 0 Å². The Balaban J connectivity index is 1.41. The summed E-state index contributed by atoms with van der Waals surface area (Å²) in [5.41, 5.74) is 0. The number of para-hydroxylation sites is 2. The fourth-order valence-electron chi connectivity index (χ4n) is 3.79. The van der Waals surface area contributed by atoms with Crippen LogP contribution in [0.3, 0.4) is 0 Å². The van der Waals surface area contributed by atoms with Crippen molar-refractivity contribution in [2.24, 2.45) is 0 Å². The van der Waals surface area contributed by atoms with Crippen LogP contribution in [0.4, 0.5) is 0 Å². The highest BCUT2D eigenvalue weighted by atomic mass is 16.5. The number of hydrogen-bond donors (Lipinski definition) is 1. The minimum Gasteiger partial charge on any atom is -0.493 e. The van der Waals surface area contributed by atoms with Gasteiger partial charge in [0.05, 0.1) is 26.2 Å². The van der Waals surface area contributed by atoms with Gasteiger partial charge in [-0.1, -0.05) is 12.1 Å². The number of aliphatic hydroxyl groups excluding tert-OH is 1. The van der Waals surface area contributed by atoms with Gasteiger partial charge < -0.3 is 19.5 Å². The van der Waals surface area contributed by atoms with Gasteiger partial charge in [-0.3, -0.25) is 9.69 Å². The minimum absolute atomic E-state index is 0.126. The molecule has 0 bridgehead atoms. The van der Waals surface area contributed by atoms with Gasteiger partial charge in [0, 0.05) is 32.2 Å². The number of ether oxygens (including phenoxy) is 2. The molecule has 6 nitrogen and oxygen atoms in total. The molecule has 2 aliphatic rings. The molecule has 0 radical (unpaired) electrons. The second-order valence-electron chi connectivity index (χ2n) is 6.73. The number of carbonyl (C=O) groups is 1. The van der Waals surface area contributed by atoms with Gasteiger partial charge in [-0.15, -0.1) is 0 Å². The molecular formula is C19H28N2O4. The fraction of sp³-hybridized carbons (Fsp3) is 0.632. The van der Waals surface area contributed by atoms with E-state index in [1.807, 2.05) is 29.2 Å². The van der Waals surface area contributed by atoms with E-state index < -0.39 is 0 Å². The Bertz CT molecular complexity index is 572. The Morgan fingerprint density at radius 1 is 1.16 bits per heavy atom. The lowest BCUT2D eigenvalue weighted by atomic mass is 10.1. The summed E-state index contributed by atoms with van der Waals surface area (Å²) in [5, 5.41) is 10.0. The lowest BCUT2D eigenvalue weighted by Crippen LogP contribution is -2.53. The summed E-state index contributed by atoms with van der Waals surface area (Å²) < 4.78 is 10.9. The highest BCUT2D eigenvalue weighted by molar-refractivity contribution is 5.76. The van der Waals surface area contributed by atoms with E-state index in [9.17, 15) is 9.90 Å². The first-order valence-electron chi connectivity index (χ1n) is 9.14. The van der Waals surface area contributed by atoms with Crippen molar-refractivity contribution in [2.45, 2.75) is 37.8 Å². The molecule has 138 valence electrons. The highest BCUT2D eigenvalue weighted by Gasteiger charge is 2.33. The lowest BCUT2D eigenvalue weighted by Gasteiger charge is -2.39. The van der Waals surface area contributed by atoms with Crippen molar-refractivity contribution in [3.63, 3.8) is 0 Å². The summed E-state index contributed by atoms with van der Waals surface area (Å²) in [7, 11) is 1.61. The molecule has 1 aromatic carbocycles. The molecule has 1 aromatic rings. The smallest absolute Gasteiger partial charge is 0.226 e. The van der Waals surface area contributed by atoms with Crippen molar-refractivity contribution < 1.29 is 19.4 Å². The van der Waals surface area contributed by atoms with Crippen molar-refractivity contribution in [1.29, 1.82) is 0 Å². The first-order valence-corrected chi connectivity index (χ1v) is 9.14. The summed E-state index contributed by atoms with van der Waals surface area (Å²) in [6.07, 6.45) is 3.25. The van der Waals surface area contributed by atoms with Crippen LogP contribution in [0.25, 0.3) is 0 Å². The number of hydrogen-bond acceptors (Lipinski definition) is 5. The molecule has 1 saturated carbocycles. The van der Waals surface area contributed by atoms with E-state index in [2.05, 4.69) is 4.90 Å². The number of carbonyl (C=O) groups excluding carboxylic acids is 1. The van der Waals surface area contributed by atoms with Crippen molar-refractivity contribution >= 4 is 5.91 Å². The average molecular weight is 348 g/mol. The Kier molecular flexibility index (Phi) is 6.15. The second kappa shape index (κ2) is 8.54. The molecule has 25 heavy (non-hydrogen) atoms. The monoisotopic (exact) mass is 348 g/mol. The number of amides is 1. The predicted molar refractivity (Wildman–Crippen MR) is 94.9 cm³/mol. The number of rotatable bonds is 6. The van der Waals surface area contributed by atoms with Crippen LogP contribution in [0, 0.1) is 0 Å². The molecule has 1 aliphatic carbocycles. The van der Waals surface area contributed by atoms with E-state index in [-0.39, 0.29) is 18.1 Å². The summed E-state index contributed by atoms with van der Waals surface area (Å²) in [4.78, 5) is 16.6. The average Bonchev–Trinajstić information content (AvgIpc) is 3.08. The Hall–Kier alpha value is -1.79. The topological polar surface area (TPSA) is 62.2 Å². The van der Waals surface area contributed by atoms with E-state index in [4.69, 9.17) is 9.47 Å². The molecule has 3 rings (SSSR count). The van der Waals surface area contributed by atoms with E-state index in [0.29, 0.717) is 24.5 Å². The normalized spacial score (nSPS) is 24.3. The maximum Gasteiger partial charge on any atom is 0.226 e. The molecule has 6 heteroatoms. The predicted octanol–water partition coefficient (Wildman–Crippen LogP) is 1.52. The van der Waals surface area contributed by atoms with Crippen LogP contribution in [0.5, 0.6) is 11.5 Å². The van der Waals surface area contributed by atoms with E-state index in [1.54, 1.807) is 7.11 Å². The third-order valence-electron chi connectivity index (χ3n) is 5.22. The summed E-state index contributed by atoms with van der Waals surface area (Å²) in [5.74, 6) is 1.47. The van der Waals surface area contributed by atoms with Gasteiger partial charge in [0.2, 0.25) is 5.91 Å². The second-order valence-corrected chi connectivity index (χ2v) is 6.73. The SMILES string of the molecule is COc1ccccc1OCCC(=O)N1CCN(C2CCCC2O)CC1. The number of nitrogens with zero attached hydrogens (tertiary/aromatic N) is 2. The number of aliphatic hydroxyl groups is 1. The van der Waals surface area contributed by atoms with Crippen LogP contribution in [0.1, 0.15) is 25.7 Å². The quantitative estimate of drug-likeness (QED) is 0.845. The Morgan fingerprint density at radius 3 is 2.52 bits per heavy atom. The minimum atomic E-state index is -0.198. The maximum absolute atomic E-state index is 12.4. The number of piperazine rings is 1. The van der Waals surface area contributed by atoms with Gasteiger partial charge in [0.15, 0.2) is 11.5 Å². The van der Waals surface area contributed by atoms with Gasteiger partial charge >= 0.3 is 0 Å². The summed E-state index contributed by atoms with van der Waals surface area (Å²) in [6.45, 7) is 3.51. The third kappa shape index (κ3) is 4.44. The molecule has 1 N–H and O–H groups in total. The lowest BCUT2D eigenvalue weighted by molar-refractivity contribution is -0.134. The largest absolute Gasteiger partial charge is 0.493 e. The van der Waals surface area contributed by atoms with Crippen molar-refractivity contribution in [1.82, 2.24) is 9.80 Å². The third-order valence-corrected chi connectivity index (χ3v) is 5.22. The zero-order valence-corrected chi connectivity index (χ0v) is 14.9. The Morgan fingerprint density at radius 2 is 1.88 bits per heavy atom. The zero-order valence-electron chi connectivity index (χ0n) is 14.9. The van der Waals surface area contributed by atoms with Crippen LogP contribution in [-0.2, 0) is 4.79 Å². The molecular weight excluding hydrogens is 320 g/mol. The molecule has 1 saturated heterocycles. The van der Waals surface area contributed by atoms with Gasteiger partial charge in [-0.25, -0.2) is 0 Å². The van der Waals surface area contributed by atoms with Gasteiger partial charge in [0.25, 0.3) is 0 Å². The summed E-state index contributed by atoms with van der Waals surface area (Å²) in [6, 6.07) is 7.74. The molecule has 1 heterocycles. The van der Waals surface area contributed by atoms with Gasteiger partial charge in [-0.05, 0) is 31.4 Å². The van der Waals surface area contributed by atoms with Crippen LogP contribution >= 0.6 is 0 Å². The fourth-order valence-corrected chi connectivity index (χ4v) is 3.79. The molecule has 2 atom stereocenters. The first-order chi connectivity index (χ1) is 12.2. The summed E-state index contributed by atoms with van der Waals surface area (Å²) >= 11 is 0. The highest BCUT2D eigenvalue weighted by Crippen LogP contribution is 2.26. The zero-order chi connectivity index (χ0) is 17.6.